The van der Waals surface area contributed by atoms with Crippen LogP contribution in [0.25, 0.3) is 0 Å². The van der Waals surface area contributed by atoms with Gasteiger partial charge in [-0.2, -0.15) is 11.8 Å². The molecule has 1 aliphatic carbocycles. The molecule has 0 aromatic carbocycles. The Bertz CT molecular complexity index is 245. The van der Waals surface area contributed by atoms with E-state index in [1.807, 2.05) is 0 Å². The Kier molecular flexibility index (Phi) is 11.1. The summed E-state index contributed by atoms with van der Waals surface area (Å²) in [5, 5.41) is 6.08. The van der Waals surface area contributed by atoms with Gasteiger partial charge in [0, 0.05) is 26.2 Å². The average molecular weight is 302 g/mol. The Labute approximate surface area is 128 Å². The van der Waals surface area contributed by atoms with Crippen molar-refractivity contribution in [3.05, 3.63) is 0 Å². The number of carbonyl (C=O) groups excluding carboxylic acids is 1. The third-order valence-electron chi connectivity index (χ3n) is 3.80. The van der Waals surface area contributed by atoms with E-state index in [-0.39, 0.29) is 5.91 Å². The second-order valence-electron chi connectivity index (χ2n) is 5.59. The summed E-state index contributed by atoms with van der Waals surface area (Å²) in [5.41, 5.74) is 5.37. The smallest absolute Gasteiger partial charge is 0.230 e. The third-order valence-corrected chi connectivity index (χ3v) is 4.85. The number of nitrogens with two attached hydrogens (primary N) is 1. The maximum absolute atomic E-state index is 11.6. The maximum Gasteiger partial charge on any atom is 0.230 e. The number of thioether (sulfide) groups is 1. The maximum atomic E-state index is 11.6. The molecule has 1 aliphatic rings. The minimum Gasteiger partial charge on any atom is -0.354 e. The predicted molar refractivity (Wildman–Crippen MR) is 88.1 cm³/mol. The van der Waals surface area contributed by atoms with E-state index in [2.05, 4.69) is 10.6 Å². The van der Waals surface area contributed by atoms with Gasteiger partial charge in [-0.15, -0.1) is 0 Å². The highest BCUT2D eigenvalue weighted by molar-refractivity contribution is 7.99. The quantitative estimate of drug-likeness (QED) is 0.509. The van der Waals surface area contributed by atoms with Gasteiger partial charge in [-0.1, -0.05) is 32.1 Å². The molecule has 0 atom stereocenters. The fraction of sp³-hybridized carbons (Fsp3) is 0.933. The predicted octanol–water partition coefficient (Wildman–Crippen LogP) is 1.74. The lowest BCUT2D eigenvalue weighted by molar-refractivity contribution is -0.118. The topological polar surface area (TPSA) is 67.2 Å². The van der Waals surface area contributed by atoms with Crippen LogP contribution in [-0.2, 0) is 4.79 Å². The molecule has 0 spiro atoms. The summed E-state index contributed by atoms with van der Waals surface area (Å²) < 4.78 is 0. The van der Waals surface area contributed by atoms with Gasteiger partial charge in [-0.25, -0.2) is 0 Å². The zero-order chi connectivity index (χ0) is 14.5. The number of nitrogens with one attached hydrogen (secondary N) is 2. The largest absolute Gasteiger partial charge is 0.354 e. The summed E-state index contributed by atoms with van der Waals surface area (Å²) in [6.45, 7) is 2.95. The molecule has 0 aliphatic heterocycles. The highest BCUT2D eigenvalue weighted by atomic mass is 32.2. The summed E-state index contributed by atoms with van der Waals surface area (Å²) in [6.07, 6.45) is 9.78. The average Bonchev–Trinajstić information content (AvgIpc) is 2.48. The van der Waals surface area contributed by atoms with Gasteiger partial charge in [0.15, 0.2) is 0 Å². The minimum atomic E-state index is 0.155. The first kappa shape index (κ1) is 17.8. The standard InChI is InChI=1S/C15H31N3OS/c16-8-9-17-10-11-18-15(19)13-20-12-4-7-14-5-2-1-3-6-14/h14,17H,1-13,16H2,(H,18,19). The van der Waals surface area contributed by atoms with Crippen molar-refractivity contribution in [1.82, 2.24) is 10.6 Å². The van der Waals surface area contributed by atoms with Crippen molar-refractivity contribution in [2.75, 3.05) is 37.7 Å². The van der Waals surface area contributed by atoms with Crippen LogP contribution in [0.2, 0.25) is 0 Å². The molecule has 1 saturated carbocycles. The van der Waals surface area contributed by atoms with Gasteiger partial charge < -0.3 is 16.4 Å². The molecule has 0 saturated heterocycles. The first-order chi connectivity index (χ1) is 9.83. The van der Waals surface area contributed by atoms with Crippen LogP contribution in [0.4, 0.5) is 0 Å². The van der Waals surface area contributed by atoms with Gasteiger partial charge in [0.2, 0.25) is 5.91 Å². The van der Waals surface area contributed by atoms with E-state index in [4.69, 9.17) is 5.73 Å². The molecule has 5 heteroatoms. The minimum absolute atomic E-state index is 0.155. The molecule has 20 heavy (non-hydrogen) atoms. The Hall–Kier alpha value is -0.260. The van der Waals surface area contributed by atoms with E-state index in [0.29, 0.717) is 18.8 Å². The number of rotatable bonds is 11. The van der Waals surface area contributed by atoms with E-state index in [1.165, 1.54) is 44.9 Å². The fourth-order valence-corrected chi connectivity index (χ4v) is 3.49. The van der Waals surface area contributed by atoms with Crippen LogP contribution in [0, 0.1) is 5.92 Å². The highest BCUT2D eigenvalue weighted by Gasteiger charge is 2.12. The zero-order valence-electron chi connectivity index (χ0n) is 12.7. The summed E-state index contributed by atoms with van der Waals surface area (Å²) in [7, 11) is 0. The fourth-order valence-electron chi connectivity index (χ4n) is 2.68. The zero-order valence-corrected chi connectivity index (χ0v) is 13.5. The van der Waals surface area contributed by atoms with E-state index < -0.39 is 0 Å². The van der Waals surface area contributed by atoms with E-state index >= 15 is 0 Å². The highest BCUT2D eigenvalue weighted by Crippen LogP contribution is 2.27. The van der Waals surface area contributed by atoms with Crippen LogP contribution >= 0.6 is 11.8 Å². The Morgan fingerprint density at radius 3 is 2.70 bits per heavy atom. The van der Waals surface area contributed by atoms with E-state index in [0.717, 1.165) is 24.8 Å². The normalized spacial score (nSPS) is 16.2. The van der Waals surface area contributed by atoms with Gasteiger partial charge in [0.05, 0.1) is 5.75 Å². The molecular weight excluding hydrogens is 270 g/mol. The van der Waals surface area contributed by atoms with Crippen LogP contribution in [0.3, 0.4) is 0 Å². The second kappa shape index (κ2) is 12.5. The van der Waals surface area contributed by atoms with Crippen LogP contribution < -0.4 is 16.4 Å². The summed E-state index contributed by atoms with van der Waals surface area (Å²) in [5.74, 6) is 2.84. The van der Waals surface area contributed by atoms with Crippen molar-refractivity contribution in [3.8, 4) is 0 Å². The number of hydrogen-bond acceptors (Lipinski definition) is 4. The van der Waals surface area contributed by atoms with Crippen molar-refractivity contribution in [1.29, 1.82) is 0 Å². The lowest BCUT2D eigenvalue weighted by atomic mass is 9.86. The molecule has 0 aromatic rings. The van der Waals surface area contributed by atoms with Crippen LogP contribution in [-0.4, -0.2) is 43.6 Å². The first-order valence-corrected chi connectivity index (χ1v) is 9.23. The van der Waals surface area contributed by atoms with E-state index in [1.54, 1.807) is 11.8 Å². The Morgan fingerprint density at radius 1 is 1.15 bits per heavy atom. The van der Waals surface area contributed by atoms with Gasteiger partial charge in [-0.05, 0) is 24.5 Å². The molecule has 0 heterocycles. The number of hydrogen-bond donors (Lipinski definition) is 3. The molecule has 118 valence electrons. The lowest BCUT2D eigenvalue weighted by Crippen LogP contribution is -2.34. The van der Waals surface area contributed by atoms with Crippen molar-refractivity contribution in [2.24, 2.45) is 11.7 Å². The molecule has 1 fully saturated rings. The SMILES string of the molecule is NCCNCCNC(=O)CSCCCC1CCCCC1. The van der Waals surface area contributed by atoms with Crippen molar-refractivity contribution < 1.29 is 4.79 Å². The number of carbonyl (C=O) groups is 1. The first-order valence-electron chi connectivity index (χ1n) is 8.08. The second-order valence-corrected chi connectivity index (χ2v) is 6.69. The molecular formula is C15H31N3OS. The van der Waals surface area contributed by atoms with Gasteiger partial charge in [0.1, 0.15) is 0 Å². The van der Waals surface area contributed by atoms with Crippen molar-refractivity contribution in [3.63, 3.8) is 0 Å². The van der Waals surface area contributed by atoms with Crippen LogP contribution in [0.15, 0.2) is 0 Å². The molecule has 0 unspecified atom stereocenters. The molecule has 0 radical (unpaired) electrons. The lowest BCUT2D eigenvalue weighted by Gasteiger charge is -2.21. The van der Waals surface area contributed by atoms with Crippen LogP contribution in [0.5, 0.6) is 0 Å². The van der Waals surface area contributed by atoms with Gasteiger partial charge in [-0.3, -0.25) is 4.79 Å². The molecule has 1 amide bonds. The van der Waals surface area contributed by atoms with Crippen molar-refractivity contribution >= 4 is 17.7 Å². The monoisotopic (exact) mass is 301 g/mol. The summed E-state index contributed by atoms with van der Waals surface area (Å²) in [6, 6.07) is 0. The molecule has 0 bridgehead atoms. The van der Waals surface area contributed by atoms with E-state index in [9.17, 15) is 4.79 Å². The van der Waals surface area contributed by atoms with Gasteiger partial charge >= 0.3 is 0 Å². The molecule has 4 N–H and O–H groups in total. The summed E-state index contributed by atoms with van der Waals surface area (Å²) in [4.78, 5) is 11.6. The Balaban J connectivity index is 1.83. The number of amides is 1. The van der Waals surface area contributed by atoms with Crippen LogP contribution in [0.1, 0.15) is 44.9 Å². The van der Waals surface area contributed by atoms with Gasteiger partial charge in [0.25, 0.3) is 0 Å². The Morgan fingerprint density at radius 2 is 1.95 bits per heavy atom. The molecule has 0 aromatic heterocycles. The molecule has 1 rings (SSSR count). The summed E-state index contributed by atoms with van der Waals surface area (Å²) >= 11 is 1.77. The van der Waals surface area contributed by atoms with Crippen molar-refractivity contribution in [2.45, 2.75) is 44.9 Å². The third kappa shape index (κ3) is 9.61. The molecule has 4 nitrogen and oxygen atoms in total.